The molecular weight excluding hydrogens is 418 g/mol. The van der Waals surface area contributed by atoms with Crippen LogP contribution in [-0.4, -0.2) is 24.9 Å². The lowest BCUT2D eigenvalue weighted by molar-refractivity contribution is -0.129. The average Bonchev–Trinajstić information content (AvgIpc) is 3.15. The minimum atomic E-state index is -0.586. The van der Waals surface area contributed by atoms with Gasteiger partial charge in [-0.1, -0.05) is 41.9 Å². The first-order chi connectivity index (χ1) is 15.0. The third-order valence-corrected chi connectivity index (χ3v) is 4.65. The number of hydrogen-bond acceptors (Lipinski definition) is 6. The second-order valence-electron chi connectivity index (χ2n) is 6.51. The molecule has 0 saturated heterocycles. The second-order valence-corrected chi connectivity index (χ2v) is 6.94. The van der Waals surface area contributed by atoms with E-state index < -0.39 is 11.9 Å². The van der Waals surface area contributed by atoms with Crippen molar-refractivity contribution < 1.29 is 23.8 Å². The van der Waals surface area contributed by atoms with Crippen molar-refractivity contribution in [3.8, 4) is 11.5 Å². The van der Waals surface area contributed by atoms with Crippen LogP contribution in [0.25, 0.3) is 6.08 Å². The third-order valence-electron chi connectivity index (χ3n) is 4.42. The highest BCUT2D eigenvalue weighted by Gasteiger charge is 2.26. The van der Waals surface area contributed by atoms with Crippen molar-refractivity contribution in [2.45, 2.75) is 0 Å². The summed E-state index contributed by atoms with van der Waals surface area (Å²) in [4.78, 5) is 28.7. The molecule has 1 aliphatic rings. The lowest BCUT2D eigenvalue weighted by Crippen LogP contribution is -2.08. The first-order valence-corrected chi connectivity index (χ1v) is 9.65. The molecular formula is C24H16ClNO5. The number of ether oxygens (including phenoxy) is 3. The van der Waals surface area contributed by atoms with Gasteiger partial charge in [0.1, 0.15) is 11.5 Å². The molecule has 0 spiro atoms. The van der Waals surface area contributed by atoms with Crippen LogP contribution in [-0.2, 0) is 9.53 Å². The van der Waals surface area contributed by atoms with Gasteiger partial charge in [0.05, 0.1) is 18.2 Å². The van der Waals surface area contributed by atoms with Crippen molar-refractivity contribution in [1.82, 2.24) is 0 Å². The second kappa shape index (κ2) is 8.85. The maximum absolute atomic E-state index is 12.3. The Morgan fingerprint density at radius 3 is 2.48 bits per heavy atom. The first-order valence-electron chi connectivity index (χ1n) is 9.27. The zero-order valence-corrected chi connectivity index (χ0v) is 17.1. The van der Waals surface area contributed by atoms with E-state index in [9.17, 15) is 9.59 Å². The fourth-order valence-electron chi connectivity index (χ4n) is 2.90. The van der Waals surface area contributed by atoms with Gasteiger partial charge >= 0.3 is 11.9 Å². The molecule has 154 valence electrons. The number of nitrogens with zero attached hydrogens (tertiary/aromatic N) is 1. The third kappa shape index (κ3) is 4.65. The molecule has 0 saturated carbocycles. The number of carbonyl (C=O) groups is 2. The Balaban J connectivity index is 1.53. The molecule has 4 rings (SSSR count). The highest BCUT2D eigenvalue weighted by atomic mass is 35.5. The summed E-state index contributed by atoms with van der Waals surface area (Å²) >= 11 is 6.04. The van der Waals surface area contributed by atoms with Gasteiger partial charge in [0, 0.05) is 5.02 Å². The van der Waals surface area contributed by atoms with Gasteiger partial charge in [0.2, 0.25) is 5.90 Å². The lowest BCUT2D eigenvalue weighted by Gasteiger charge is -2.07. The van der Waals surface area contributed by atoms with Crippen molar-refractivity contribution in [3.05, 3.63) is 100 Å². The van der Waals surface area contributed by atoms with Crippen LogP contribution in [0.5, 0.6) is 11.5 Å². The fraction of sp³-hybridized carbons (Fsp3) is 0.0417. The highest BCUT2D eigenvalue weighted by Crippen LogP contribution is 2.28. The van der Waals surface area contributed by atoms with Crippen LogP contribution in [0.2, 0.25) is 5.02 Å². The minimum Gasteiger partial charge on any atom is -0.496 e. The number of carbonyl (C=O) groups excluding carboxylic acids is 2. The summed E-state index contributed by atoms with van der Waals surface area (Å²) in [6, 6.07) is 20.4. The molecule has 7 heteroatoms. The number of methoxy groups -OCH3 is 1. The summed E-state index contributed by atoms with van der Waals surface area (Å²) in [5.74, 6) is -0.0453. The predicted octanol–water partition coefficient (Wildman–Crippen LogP) is 4.91. The first kappa shape index (κ1) is 20.4. The molecule has 0 bridgehead atoms. The number of cyclic esters (lactones) is 1. The largest absolute Gasteiger partial charge is 0.496 e. The summed E-state index contributed by atoms with van der Waals surface area (Å²) in [6.45, 7) is 0. The highest BCUT2D eigenvalue weighted by molar-refractivity contribution is 6.31. The molecule has 31 heavy (non-hydrogen) atoms. The van der Waals surface area contributed by atoms with Crippen LogP contribution in [0.3, 0.4) is 0 Å². The Hall–Kier alpha value is -3.90. The molecule has 3 aromatic rings. The van der Waals surface area contributed by atoms with E-state index in [1.54, 1.807) is 72.8 Å². The summed E-state index contributed by atoms with van der Waals surface area (Å²) in [5.41, 5.74) is 1.76. The van der Waals surface area contributed by atoms with E-state index in [1.165, 1.54) is 7.11 Å². The lowest BCUT2D eigenvalue weighted by atomic mass is 10.2. The molecule has 3 aromatic carbocycles. The van der Waals surface area contributed by atoms with Crippen molar-refractivity contribution in [2.24, 2.45) is 4.99 Å². The number of benzene rings is 3. The van der Waals surface area contributed by atoms with Crippen molar-refractivity contribution in [2.75, 3.05) is 7.11 Å². The van der Waals surface area contributed by atoms with Crippen LogP contribution in [0.15, 0.2) is 83.5 Å². The SMILES string of the molecule is COc1ccc(Cl)cc1C1=N/C(=C\c2ccc(OC(=O)c3ccccc3)cc2)C(=O)O1. The van der Waals surface area contributed by atoms with Gasteiger partial charge in [-0.05, 0) is 54.1 Å². The number of esters is 2. The smallest absolute Gasteiger partial charge is 0.363 e. The Kier molecular flexibility index (Phi) is 5.82. The quantitative estimate of drug-likeness (QED) is 0.324. The molecule has 0 aromatic heterocycles. The van der Waals surface area contributed by atoms with E-state index in [4.69, 9.17) is 25.8 Å². The van der Waals surface area contributed by atoms with Gasteiger partial charge in [0.25, 0.3) is 0 Å². The Labute approximate surface area is 183 Å². The van der Waals surface area contributed by atoms with Crippen LogP contribution in [0, 0.1) is 0 Å². The molecule has 1 heterocycles. The molecule has 1 aliphatic heterocycles. The van der Waals surface area contributed by atoms with Crippen molar-refractivity contribution in [1.29, 1.82) is 0 Å². The predicted molar refractivity (Wildman–Crippen MR) is 116 cm³/mol. The monoisotopic (exact) mass is 433 g/mol. The van der Waals surface area contributed by atoms with Gasteiger partial charge in [-0.25, -0.2) is 14.6 Å². The molecule has 0 unspecified atom stereocenters. The van der Waals surface area contributed by atoms with Crippen LogP contribution >= 0.6 is 11.6 Å². The topological polar surface area (TPSA) is 74.2 Å². The molecule has 6 nitrogen and oxygen atoms in total. The molecule has 0 radical (unpaired) electrons. The Bertz CT molecular complexity index is 1200. The van der Waals surface area contributed by atoms with E-state index in [-0.39, 0.29) is 11.6 Å². The van der Waals surface area contributed by atoms with E-state index in [0.29, 0.717) is 33.2 Å². The van der Waals surface area contributed by atoms with E-state index in [2.05, 4.69) is 4.99 Å². The van der Waals surface area contributed by atoms with Gasteiger partial charge in [0.15, 0.2) is 5.70 Å². The normalized spacial score (nSPS) is 14.2. The minimum absolute atomic E-state index is 0.115. The van der Waals surface area contributed by atoms with Gasteiger partial charge < -0.3 is 14.2 Å². The summed E-state index contributed by atoms with van der Waals surface area (Å²) in [7, 11) is 1.51. The van der Waals surface area contributed by atoms with Gasteiger partial charge in [-0.15, -0.1) is 0 Å². The summed E-state index contributed by atoms with van der Waals surface area (Å²) in [6.07, 6.45) is 1.58. The maximum atomic E-state index is 12.3. The molecule has 0 N–H and O–H groups in total. The van der Waals surface area contributed by atoms with Gasteiger partial charge in [-0.3, -0.25) is 0 Å². The Morgan fingerprint density at radius 2 is 1.77 bits per heavy atom. The van der Waals surface area contributed by atoms with E-state index >= 15 is 0 Å². The average molecular weight is 434 g/mol. The van der Waals surface area contributed by atoms with Gasteiger partial charge in [-0.2, -0.15) is 0 Å². The molecule has 0 amide bonds. The van der Waals surface area contributed by atoms with Crippen molar-refractivity contribution >= 4 is 35.5 Å². The van der Waals surface area contributed by atoms with Crippen molar-refractivity contribution in [3.63, 3.8) is 0 Å². The molecule has 0 aliphatic carbocycles. The zero-order valence-electron chi connectivity index (χ0n) is 16.4. The standard InChI is InChI=1S/C24H16ClNO5/c1-29-21-12-9-17(25)14-19(21)22-26-20(24(28)31-22)13-15-7-10-18(11-8-15)30-23(27)16-5-3-2-4-6-16/h2-14H,1H3/b20-13-. The fourth-order valence-corrected chi connectivity index (χ4v) is 3.07. The van der Waals surface area contributed by atoms with E-state index in [1.807, 2.05) is 6.07 Å². The summed E-state index contributed by atoms with van der Waals surface area (Å²) < 4.78 is 15.9. The number of rotatable bonds is 5. The number of halogens is 1. The van der Waals surface area contributed by atoms with E-state index in [0.717, 1.165) is 0 Å². The number of hydrogen-bond donors (Lipinski definition) is 0. The molecule has 0 atom stereocenters. The van der Waals surface area contributed by atoms with Crippen LogP contribution in [0.1, 0.15) is 21.5 Å². The zero-order chi connectivity index (χ0) is 21.8. The summed E-state index contributed by atoms with van der Waals surface area (Å²) in [5, 5.41) is 0.465. The van der Waals surface area contributed by atoms with Crippen LogP contribution in [0.4, 0.5) is 0 Å². The maximum Gasteiger partial charge on any atom is 0.363 e. The molecule has 0 fully saturated rings. The van der Waals surface area contributed by atoms with Crippen LogP contribution < -0.4 is 9.47 Å². The Morgan fingerprint density at radius 1 is 1.03 bits per heavy atom. The number of aliphatic imine (C=N–C) groups is 1.